The van der Waals surface area contributed by atoms with Crippen molar-refractivity contribution in [3.8, 4) is 0 Å². The Bertz CT molecular complexity index is 275. The molecule has 0 amide bonds. The van der Waals surface area contributed by atoms with Crippen molar-refractivity contribution in [1.82, 2.24) is 0 Å². The summed E-state index contributed by atoms with van der Waals surface area (Å²) in [5, 5.41) is 0. The molecular formula is C28H59N. The van der Waals surface area contributed by atoms with Crippen LogP contribution in [0.1, 0.15) is 168 Å². The first-order valence-electron chi connectivity index (χ1n) is 14.0. The van der Waals surface area contributed by atoms with E-state index in [2.05, 4.69) is 13.8 Å². The lowest BCUT2D eigenvalue weighted by Gasteiger charge is -2.13. The average Bonchev–Trinajstić information content (AvgIpc) is 2.74. The van der Waals surface area contributed by atoms with Gasteiger partial charge in [-0.05, 0) is 25.3 Å². The third-order valence-corrected chi connectivity index (χ3v) is 6.86. The van der Waals surface area contributed by atoms with E-state index in [1.165, 1.54) is 154 Å². The van der Waals surface area contributed by atoms with E-state index in [9.17, 15) is 0 Å². The van der Waals surface area contributed by atoms with Gasteiger partial charge in [-0.2, -0.15) is 0 Å². The van der Waals surface area contributed by atoms with Crippen LogP contribution in [-0.4, -0.2) is 6.54 Å². The lowest BCUT2D eigenvalue weighted by atomic mass is 9.93. The Morgan fingerprint density at radius 1 is 0.414 bits per heavy atom. The van der Waals surface area contributed by atoms with Crippen LogP contribution < -0.4 is 5.73 Å². The second-order valence-corrected chi connectivity index (χ2v) is 9.71. The zero-order valence-corrected chi connectivity index (χ0v) is 20.8. The van der Waals surface area contributed by atoms with Crippen LogP contribution in [0.2, 0.25) is 0 Å². The first-order chi connectivity index (χ1) is 14.3. The number of unbranched alkanes of at least 4 members (excludes halogenated alkanes) is 19. The summed E-state index contributed by atoms with van der Waals surface area (Å²) in [6, 6.07) is 0. The molecule has 0 saturated carbocycles. The molecule has 0 rings (SSSR count). The molecule has 0 aromatic heterocycles. The van der Waals surface area contributed by atoms with Crippen molar-refractivity contribution in [3.63, 3.8) is 0 Å². The first-order valence-corrected chi connectivity index (χ1v) is 14.0. The van der Waals surface area contributed by atoms with E-state index in [0.29, 0.717) is 0 Å². The summed E-state index contributed by atoms with van der Waals surface area (Å²) < 4.78 is 0. The van der Waals surface area contributed by atoms with Crippen molar-refractivity contribution in [2.24, 2.45) is 11.7 Å². The van der Waals surface area contributed by atoms with E-state index in [0.717, 1.165) is 12.5 Å². The van der Waals surface area contributed by atoms with Crippen molar-refractivity contribution in [1.29, 1.82) is 0 Å². The van der Waals surface area contributed by atoms with Crippen LogP contribution in [0.4, 0.5) is 0 Å². The van der Waals surface area contributed by atoms with Crippen molar-refractivity contribution in [3.05, 3.63) is 0 Å². The van der Waals surface area contributed by atoms with Gasteiger partial charge in [-0.3, -0.25) is 0 Å². The summed E-state index contributed by atoms with van der Waals surface area (Å²) in [7, 11) is 0. The van der Waals surface area contributed by atoms with E-state index in [1.54, 1.807) is 0 Å². The normalized spacial score (nSPS) is 12.5. The smallest absolute Gasteiger partial charge is 0.00772 e. The van der Waals surface area contributed by atoms with Crippen LogP contribution in [0.25, 0.3) is 0 Å². The Balaban J connectivity index is 3.10. The number of hydrogen-bond acceptors (Lipinski definition) is 1. The molecule has 2 N–H and O–H groups in total. The molecule has 0 heterocycles. The van der Waals surface area contributed by atoms with Gasteiger partial charge in [0.25, 0.3) is 0 Å². The van der Waals surface area contributed by atoms with Gasteiger partial charge in [0.2, 0.25) is 0 Å². The second-order valence-electron chi connectivity index (χ2n) is 9.71. The molecule has 0 aliphatic rings. The Morgan fingerprint density at radius 3 is 1.03 bits per heavy atom. The summed E-state index contributed by atoms with van der Waals surface area (Å²) in [5.41, 5.74) is 5.64. The molecule has 1 atom stereocenters. The molecule has 0 spiro atoms. The predicted molar refractivity (Wildman–Crippen MR) is 135 cm³/mol. The summed E-state index contributed by atoms with van der Waals surface area (Å²) in [5.74, 6) is 0.939. The topological polar surface area (TPSA) is 26.0 Å². The van der Waals surface area contributed by atoms with Crippen LogP contribution >= 0.6 is 0 Å². The van der Waals surface area contributed by atoms with E-state index in [1.807, 2.05) is 0 Å². The molecule has 29 heavy (non-hydrogen) atoms. The maximum atomic E-state index is 5.64. The molecule has 0 radical (unpaired) electrons. The maximum absolute atomic E-state index is 5.64. The highest BCUT2D eigenvalue weighted by Crippen LogP contribution is 2.20. The van der Waals surface area contributed by atoms with Crippen LogP contribution in [0.15, 0.2) is 0 Å². The van der Waals surface area contributed by atoms with Gasteiger partial charge in [-0.15, -0.1) is 0 Å². The zero-order chi connectivity index (χ0) is 21.3. The summed E-state index contributed by atoms with van der Waals surface area (Å²) in [6.07, 6.45) is 34.7. The average molecular weight is 410 g/mol. The molecule has 0 bridgehead atoms. The van der Waals surface area contributed by atoms with Gasteiger partial charge in [0.1, 0.15) is 0 Å². The van der Waals surface area contributed by atoms with Crippen molar-refractivity contribution in [2.75, 3.05) is 6.54 Å². The highest BCUT2D eigenvalue weighted by atomic mass is 14.5. The summed E-state index contributed by atoms with van der Waals surface area (Å²) in [4.78, 5) is 0. The second kappa shape index (κ2) is 26.0. The van der Waals surface area contributed by atoms with E-state index in [4.69, 9.17) is 5.73 Å². The van der Waals surface area contributed by atoms with Crippen LogP contribution in [0, 0.1) is 5.92 Å². The Kier molecular flexibility index (Phi) is 26.0. The molecule has 1 nitrogen and oxygen atoms in total. The number of rotatable bonds is 25. The molecular weight excluding hydrogens is 350 g/mol. The van der Waals surface area contributed by atoms with Gasteiger partial charge >= 0.3 is 0 Å². The van der Waals surface area contributed by atoms with Gasteiger partial charge in [0, 0.05) is 0 Å². The predicted octanol–water partition coefficient (Wildman–Crippen LogP) is 9.96. The first kappa shape index (κ1) is 29.0. The van der Waals surface area contributed by atoms with Gasteiger partial charge < -0.3 is 5.73 Å². The van der Waals surface area contributed by atoms with Crippen LogP contribution in [0.3, 0.4) is 0 Å². The molecule has 176 valence electrons. The van der Waals surface area contributed by atoms with Gasteiger partial charge in [0.15, 0.2) is 0 Å². The van der Waals surface area contributed by atoms with Crippen LogP contribution in [0.5, 0.6) is 0 Å². The highest BCUT2D eigenvalue weighted by Gasteiger charge is 2.05. The molecule has 0 aliphatic heterocycles. The molecule has 1 heteroatoms. The summed E-state index contributed by atoms with van der Waals surface area (Å²) >= 11 is 0. The van der Waals surface area contributed by atoms with Crippen molar-refractivity contribution >= 4 is 0 Å². The minimum atomic E-state index is 0.871. The number of nitrogens with two attached hydrogens (primary N) is 1. The lowest BCUT2D eigenvalue weighted by molar-refractivity contribution is 0.403. The molecule has 0 saturated heterocycles. The van der Waals surface area contributed by atoms with E-state index >= 15 is 0 Å². The largest absolute Gasteiger partial charge is 0.330 e. The molecule has 1 unspecified atom stereocenters. The minimum absolute atomic E-state index is 0.871. The fourth-order valence-corrected chi connectivity index (χ4v) is 4.65. The van der Waals surface area contributed by atoms with E-state index in [-0.39, 0.29) is 0 Å². The maximum Gasteiger partial charge on any atom is -0.00772 e. The Labute approximate surface area is 186 Å². The molecule has 0 aromatic carbocycles. The van der Waals surface area contributed by atoms with Crippen LogP contribution in [-0.2, 0) is 0 Å². The quantitative estimate of drug-likeness (QED) is 0.149. The van der Waals surface area contributed by atoms with Gasteiger partial charge in [0.05, 0.1) is 0 Å². The molecule has 0 fully saturated rings. The van der Waals surface area contributed by atoms with Crippen molar-refractivity contribution in [2.45, 2.75) is 168 Å². The minimum Gasteiger partial charge on any atom is -0.330 e. The van der Waals surface area contributed by atoms with E-state index < -0.39 is 0 Å². The van der Waals surface area contributed by atoms with Crippen molar-refractivity contribution < 1.29 is 0 Å². The number of hydrogen-bond donors (Lipinski definition) is 1. The standard InChI is InChI=1S/C28H59N/c1-3-5-6-7-8-9-10-11-12-13-14-15-16-17-18-19-20-21-22-23-25-28(4-2)26-24-27-29/h28H,3-27,29H2,1-2H3. The fourth-order valence-electron chi connectivity index (χ4n) is 4.65. The van der Waals surface area contributed by atoms with Gasteiger partial charge in [-0.25, -0.2) is 0 Å². The zero-order valence-electron chi connectivity index (χ0n) is 20.8. The molecule has 0 aliphatic carbocycles. The van der Waals surface area contributed by atoms with Gasteiger partial charge in [-0.1, -0.05) is 155 Å². The monoisotopic (exact) mass is 409 g/mol. The fraction of sp³-hybridized carbons (Fsp3) is 1.00. The third-order valence-electron chi connectivity index (χ3n) is 6.86. The third kappa shape index (κ3) is 24.1. The summed E-state index contributed by atoms with van der Waals surface area (Å²) in [6.45, 7) is 5.52. The highest BCUT2D eigenvalue weighted by molar-refractivity contribution is 4.59. The SMILES string of the molecule is CCCCCCCCCCCCCCCCCCCCCCC(CC)CCCN. The molecule has 0 aromatic rings. The Hall–Kier alpha value is -0.0400. The lowest BCUT2D eigenvalue weighted by Crippen LogP contribution is -2.04. The Morgan fingerprint density at radius 2 is 0.724 bits per heavy atom.